The highest BCUT2D eigenvalue weighted by Gasteiger charge is 2.27. The van der Waals surface area contributed by atoms with Crippen LogP contribution in [-0.4, -0.2) is 39.1 Å². The van der Waals surface area contributed by atoms with Crippen molar-refractivity contribution in [1.29, 1.82) is 0 Å². The largest absolute Gasteiger partial charge is 0.480 e. The van der Waals surface area contributed by atoms with Crippen molar-refractivity contribution in [2.45, 2.75) is 35.7 Å². The maximum Gasteiger partial charge on any atom is 0.320 e. The van der Waals surface area contributed by atoms with Gasteiger partial charge in [-0.15, -0.1) is 10.2 Å². The van der Waals surface area contributed by atoms with Crippen molar-refractivity contribution in [2.24, 2.45) is 0 Å². The third-order valence-electron chi connectivity index (χ3n) is 2.28. The Morgan fingerprint density at radius 1 is 1.75 bits per heavy atom. The summed E-state index contributed by atoms with van der Waals surface area (Å²) in [4.78, 5) is 11.0. The van der Waals surface area contributed by atoms with Gasteiger partial charge < -0.3 is 10.4 Å². The van der Waals surface area contributed by atoms with Crippen molar-refractivity contribution in [1.82, 2.24) is 15.5 Å². The molecule has 1 heterocycles. The van der Waals surface area contributed by atoms with Crippen molar-refractivity contribution in [3.8, 4) is 0 Å². The quantitative estimate of drug-likeness (QED) is 0.717. The molecule has 1 aliphatic rings. The molecule has 16 heavy (non-hydrogen) atoms. The van der Waals surface area contributed by atoms with Gasteiger partial charge in [-0.25, -0.2) is 0 Å². The van der Waals surface area contributed by atoms with E-state index in [4.69, 9.17) is 5.11 Å². The van der Waals surface area contributed by atoms with Gasteiger partial charge in [0, 0.05) is 11.8 Å². The number of carboxylic acids is 1. The molecule has 7 heteroatoms. The second kappa shape index (κ2) is 5.60. The number of thioether (sulfide) groups is 1. The second-order valence-electron chi connectivity index (χ2n) is 3.67. The predicted molar refractivity (Wildman–Crippen MR) is 62.8 cm³/mol. The zero-order chi connectivity index (χ0) is 11.4. The average molecular weight is 259 g/mol. The maximum absolute atomic E-state index is 11.0. The first-order chi connectivity index (χ1) is 7.75. The number of carboxylic acid groups (broad SMARTS) is 1. The van der Waals surface area contributed by atoms with Crippen LogP contribution in [0.5, 0.6) is 0 Å². The first-order valence-corrected chi connectivity index (χ1v) is 7.00. The van der Waals surface area contributed by atoms with Crippen molar-refractivity contribution in [3.63, 3.8) is 0 Å². The minimum atomic E-state index is -0.759. The zero-order valence-corrected chi connectivity index (χ0v) is 10.3. The summed E-state index contributed by atoms with van der Waals surface area (Å²) >= 11 is 3.04. The molecule has 0 spiro atoms. The lowest BCUT2D eigenvalue weighted by atomic mass is 10.2. The second-order valence-corrected chi connectivity index (χ2v) is 5.85. The molecule has 1 fully saturated rings. The van der Waals surface area contributed by atoms with Gasteiger partial charge in [0.2, 0.25) is 0 Å². The standard InChI is InChI=1S/C9H13N3O2S2/c13-8(14)7(11-6-1-2-6)3-4-15-9-12-10-5-16-9/h5-7,11H,1-4H2,(H,13,14). The van der Waals surface area contributed by atoms with E-state index in [1.165, 1.54) is 11.3 Å². The van der Waals surface area contributed by atoms with Gasteiger partial charge in [-0.3, -0.25) is 4.79 Å². The molecule has 1 atom stereocenters. The summed E-state index contributed by atoms with van der Waals surface area (Å²) in [5.41, 5.74) is 1.68. The first-order valence-electron chi connectivity index (χ1n) is 5.13. The minimum absolute atomic E-state index is 0.423. The maximum atomic E-state index is 11.0. The normalized spacial score (nSPS) is 17.2. The Kier molecular flexibility index (Phi) is 4.14. The van der Waals surface area contributed by atoms with Gasteiger partial charge in [0.05, 0.1) is 0 Å². The molecule has 1 aromatic rings. The molecule has 0 bridgehead atoms. The zero-order valence-electron chi connectivity index (χ0n) is 8.63. The molecular formula is C9H13N3O2S2. The van der Waals surface area contributed by atoms with Crippen LogP contribution in [0.2, 0.25) is 0 Å². The van der Waals surface area contributed by atoms with Crippen molar-refractivity contribution < 1.29 is 9.90 Å². The van der Waals surface area contributed by atoms with E-state index in [0.29, 0.717) is 12.5 Å². The van der Waals surface area contributed by atoms with Crippen LogP contribution in [0.4, 0.5) is 0 Å². The Morgan fingerprint density at radius 2 is 2.56 bits per heavy atom. The minimum Gasteiger partial charge on any atom is -0.480 e. The van der Waals surface area contributed by atoms with E-state index in [1.54, 1.807) is 17.3 Å². The monoisotopic (exact) mass is 259 g/mol. The van der Waals surface area contributed by atoms with Gasteiger partial charge in [-0.2, -0.15) is 0 Å². The summed E-state index contributed by atoms with van der Waals surface area (Å²) in [6.45, 7) is 0. The Hall–Kier alpha value is -0.660. The summed E-state index contributed by atoms with van der Waals surface area (Å²) in [5.74, 6) is -0.00364. The number of rotatable bonds is 7. The van der Waals surface area contributed by atoms with Crippen molar-refractivity contribution >= 4 is 29.1 Å². The molecule has 0 aliphatic heterocycles. The van der Waals surface area contributed by atoms with Gasteiger partial charge in [0.25, 0.3) is 0 Å². The molecule has 1 saturated carbocycles. The number of aromatic nitrogens is 2. The highest BCUT2D eigenvalue weighted by molar-refractivity contribution is 8.00. The number of carbonyl (C=O) groups is 1. The number of nitrogens with zero attached hydrogens (tertiary/aromatic N) is 2. The molecule has 0 saturated heterocycles. The van der Waals surface area contributed by atoms with Gasteiger partial charge in [-0.1, -0.05) is 23.1 Å². The van der Waals surface area contributed by atoms with E-state index in [0.717, 1.165) is 22.9 Å². The molecule has 0 amide bonds. The Labute approximate surface area is 102 Å². The fourth-order valence-corrected chi connectivity index (χ4v) is 2.87. The van der Waals surface area contributed by atoms with Crippen LogP contribution in [0, 0.1) is 0 Å². The van der Waals surface area contributed by atoms with Crippen LogP contribution < -0.4 is 5.32 Å². The van der Waals surface area contributed by atoms with Crippen LogP contribution in [-0.2, 0) is 4.79 Å². The van der Waals surface area contributed by atoms with Gasteiger partial charge in [0.1, 0.15) is 11.6 Å². The van der Waals surface area contributed by atoms with Crippen molar-refractivity contribution in [3.05, 3.63) is 5.51 Å². The van der Waals surface area contributed by atoms with Crippen LogP contribution in [0.15, 0.2) is 9.85 Å². The third-order valence-corrected chi connectivity index (χ3v) is 4.18. The van der Waals surface area contributed by atoms with E-state index in [-0.39, 0.29) is 0 Å². The van der Waals surface area contributed by atoms with E-state index < -0.39 is 12.0 Å². The summed E-state index contributed by atoms with van der Waals surface area (Å²) < 4.78 is 0.899. The molecule has 2 N–H and O–H groups in total. The Morgan fingerprint density at radius 3 is 3.12 bits per heavy atom. The molecule has 0 radical (unpaired) electrons. The van der Waals surface area contributed by atoms with Crippen molar-refractivity contribution in [2.75, 3.05) is 5.75 Å². The Balaban J connectivity index is 1.70. The van der Waals surface area contributed by atoms with E-state index in [9.17, 15) is 4.79 Å². The third kappa shape index (κ3) is 3.73. The number of nitrogens with one attached hydrogen (secondary N) is 1. The SMILES string of the molecule is O=C(O)C(CCSc1nncs1)NC1CC1. The van der Waals surface area contributed by atoms with Crippen LogP contribution >= 0.6 is 23.1 Å². The highest BCUT2D eigenvalue weighted by Crippen LogP contribution is 2.23. The van der Waals surface area contributed by atoms with E-state index >= 15 is 0 Å². The average Bonchev–Trinajstić information content (AvgIpc) is 2.91. The predicted octanol–water partition coefficient (Wildman–Crippen LogP) is 1.23. The number of hydrogen-bond acceptors (Lipinski definition) is 6. The molecule has 88 valence electrons. The lowest BCUT2D eigenvalue weighted by molar-refractivity contribution is -0.139. The summed E-state index contributed by atoms with van der Waals surface area (Å²) in [6.07, 6.45) is 2.83. The fraction of sp³-hybridized carbons (Fsp3) is 0.667. The molecule has 2 rings (SSSR count). The summed E-state index contributed by atoms with van der Waals surface area (Å²) in [6, 6.07) is 0.000510. The van der Waals surface area contributed by atoms with E-state index in [2.05, 4.69) is 15.5 Å². The number of aliphatic carboxylic acids is 1. The van der Waals surface area contributed by atoms with Crippen LogP contribution in [0.25, 0.3) is 0 Å². The van der Waals surface area contributed by atoms with Gasteiger partial charge >= 0.3 is 5.97 Å². The lowest BCUT2D eigenvalue weighted by Crippen LogP contribution is -2.38. The van der Waals surface area contributed by atoms with Gasteiger partial charge in [0.15, 0.2) is 4.34 Å². The first kappa shape index (κ1) is 11.8. The Bertz CT molecular complexity index is 341. The molecule has 5 nitrogen and oxygen atoms in total. The van der Waals surface area contributed by atoms with E-state index in [1.807, 2.05) is 0 Å². The molecule has 0 aromatic carbocycles. The summed E-state index contributed by atoms with van der Waals surface area (Å²) in [7, 11) is 0. The van der Waals surface area contributed by atoms with Gasteiger partial charge in [-0.05, 0) is 19.3 Å². The molecule has 1 aliphatic carbocycles. The molecule has 1 unspecified atom stereocenters. The fourth-order valence-electron chi connectivity index (χ4n) is 1.30. The van der Waals surface area contributed by atoms with Crippen LogP contribution in [0.3, 0.4) is 0 Å². The topological polar surface area (TPSA) is 75.1 Å². The summed E-state index contributed by atoms with van der Waals surface area (Å²) in [5, 5.41) is 19.8. The lowest BCUT2D eigenvalue weighted by Gasteiger charge is -2.12. The number of hydrogen-bond donors (Lipinski definition) is 2. The molecular weight excluding hydrogens is 246 g/mol. The van der Waals surface area contributed by atoms with Crippen LogP contribution in [0.1, 0.15) is 19.3 Å². The molecule has 1 aromatic heterocycles. The smallest absolute Gasteiger partial charge is 0.320 e. The highest BCUT2D eigenvalue weighted by atomic mass is 32.2.